The number of aromatic nitrogens is 2. The summed E-state index contributed by atoms with van der Waals surface area (Å²) in [5.41, 5.74) is 10.9. The lowest BCUT2D eigenvalue weighted by molar-refractivity contribution is 0.509. The van der Waals surface area contributed by atoms with Gasteiger partial charge in [0.1, 0.15) is 0 Å². The average Bonchev–Trinajstić information content (AvgIpc) is 3.06. The maximum absolute atomic E-state index is 13.9. The number of hydrogen-bond donors (Lipinski definition) is 0. The molecule has 2 nitrogen and oxygen atoms in total. The monoisotopic (exact) mass is 578 g/mol. The zero-order chi connectivity index (χ0) is 30.0. The number of nitrogens with zero attached hydrogens (tertiary/aromatic N) is 2. The zero-order valence-corrected chi connectivity index (χ0v) is 24.6. The highest BCUT2D eigenvalue weighted by Crippen LogP contribution is 2.45. The zero-order valence-electron chi connectivity index (χ0n) is 24.6. The summed E-state index contributed by atoms with van der Waals surface area (Å²) < 4.78 is 27.4. The molecule has 0 fully saturated rings. The van der Waals surface area contributed by atoms with Gasteiger partial charge in [0.25, 0.3) is 0 Å². The van der Waals surface area contributed by atoms with Gasteiger partial charge in [-0.3, -0.25) is 9.97 Å². The second kappa shape index (κ2) is 12.0. The van der Waals surface area contributed by atoms with Crippen LogP contribution in [0.15, 0.2) is 127 Å². The molecular weight excluding hydrogens is 546 g/mol. The largest absolute Gasteiger partial charge is 0.264 e. The number of allylic oxidation sites excluding steroid dienone is 4. The molecule has 4 aromatic carbocycles. The average molecular weight is 579 g/mol. The van der Waals surface area contributed by atoms with Crippen molar-refractivity contribution in [1.82, 2.24) is 9.97 Å². The molecule has 8 rings (SSSR count). The van der Waals surface area contributed by atoms with Gasteiger partial charge in [-0.1, -0.05) is 72.3 Å². The minimum absolute atomic E-state index is 0.491. The molecule has 0 amide bonds. The van der Waals surface area contributed by atoms with Crippen molar-refractivity contribution >= 4 is 27.2 Å². The number of aryl methyl sites for hydroxylation is 1. The highest BCUT2D eigenvalue weighted by molar-refractivity contribution is 5.98. The quantitative estimate of drug-likeness (QED) is 0.209. The molecule has 1 unspecified atom stereocenters. The van der Waals surface area contributed by atoms with Crippen LogP contribution in [-0.4, -0.2) is 9.97 Å². The van der Waals surface area contributed by atoms with E-state index in [4.69, 9.17) is 0 Å². The maximum Gasteiger partial charge on any atom is 0.159 e. The Kier molecular flexibility index (Phi) is 7.57. The fraction of sp³-hybridized carbons (Fsp3) is 0.150. The molecule has 4 heteroatoms. The summed E-state index contributed by atoms with van der Waals surface area (Å²) in [5, 5.41) is 3.54. The van der Waals surface area contributed by atoms with Gasteiger partial charge in [0.05, 0.1) is 5.52 Å². The van der Waals surface area contributed by atoms with Crippen LogP contribution in [0.1, 0.15) is 35.1 Å². The number of benzene rings is 4. The van der Waals surface area contributed by atoms with Crippen molar-refractivity contribution in [2.45, 2.75) is 32.6 Å². The van der Waals surface area contributed by atoms with Crippen molar-refractivity contribution in [2.24, 2.45) is 5.92 Å². The summed E-state index contributed by atoms with van der Waals surface area (Å²) >= 11 is 0. The third kappa shape index (κ3) is 5.44. The van der Waals surface area contributed by atoms with E-state index in [-0.39, 0.29) is 0 Å². The first-order valence-corrected chi connectivity index (χ1v) is 15.2. The Balaban J connectivity index is 0.000000264. The Bertz CT molecular complexity index is 1990. The van der Waals surface area contributed by atoms with Crippen molar-refractivity contribution in [1.29, 1.82) is 0 Å². The number of hydrogen-bond acceptors (Lipinski definition) is 2. The predicted molar refractivity (Wildman–Crippen MR) is 176 cm³/mol. The molecule has 0 N–H and O–H groups in total. The van der Waals surface area contributed by atoms with Gasteiger partial charge in [-0.15, -0.1) is 0 Å². The summed E-state index contributed by atoms with van der Waals surface area (Å²) in [4.78, 5) is 8.11. The molecule has 2 aliphatic rings. The van der Waals surface area contributed by atoms with E-state index in [1.807, 2.05) is 24.4 Å². The summed E-state index contributed by atoms with van der Waals surface area (Å²) in [7, 11) is 0. The Morgan fingerprint density at radius 1 is 0.795 bits per heavy atom. The van der Waals surface area contributed by atoms with Crippen molar-refractivity contribution in [3.05, 3.63) is 161 Å². The molecule has 2 aliphatic carbocycles. The minimum atomic E-state index is -0.815. The predicted octanol–water partition coefficient (Wildman–Crippen LogP) is 10.2. The molecule has 2 aromatic heterocycles. The van der Waals surface area contributed by atoms with Crippen molar-refractivity contribution in [3.63, 3.8) is 0 Å². The molecule has 44 heavy (non-hydrogen) atoms. The normalized spacial score (nSPS) is 15.5. The molecule has 1 atom stereocenters. The van der Waals surface area contributed by atoms with Crippen LogP contribution in [0.2, 0.25) is 0 Å². The first-order chi connectivity index (χ1) is 21.5. The summed E-state index contributed by atoms with van der Waals surface area (Å²) in [6.07, 6.45) is 14.3. The molecule has 6 aromatic rings. The molecule has 0 aliphatic heterocycles. The molecular formula is C40H32F2N2. The lowest BCUT2D eigenvalue weighted by Crippen LogP contribution is -2.20. The highest BCUT2D eigenvalue weighted by Gasteiger charge is 2.29. The summed E-state index contributed by atoms with van der Waals surface area (Å²) in [6, 6.07) is 29.4. The number of halogens is 2. The minimum Gasteiger partial charge on any atom is -0.264 e. The number of fused-ring (bicyclic) bond motifs is 5. The van der Waals surface area contributed by atoms with Crippen LogP contribution >= 0.6 is 0 Å². The standard InChI is InChI=1S/C32H26F2.C8H6N2/c1-20-15-24(22-12-14-30(33)31(34)19-22)17-23-11-13-28-27-10-6-5-9-26(27)25(18-29(28)32(20)23)16-21-7-3-2-4-8-21;1-2-7-6-9-5-3-8(7)10-4-1/h2-4,6-8,10-15,17,19,25H,5,9,16,18H2,1H3;1-6H. The van der Waals surface area contributed by atoms with Crippen molar-refractivity contribution in [2.75, 3.05) is 0 Å². The summed E-state index contributed by atoms with van der Waals surface area (Å²) in [6.45, 7) is 2.14. The van der Waals surface area contributed by atoms with E-state index in [1.165, 1.54) is 45.3 Å². The van der Waals surface area contributed by atoms with E-state index in [1.54, 1.807) is 24.0 Å². The molecule has 216 valence electrons. The second-order valence-corrected chi connectivity index (χ2v) is 11.7. The van der Waals surface area contributed by atoms with Gasteiger partial charge in [0.15, 0.2) is 11.6 Å². The number of pyridine rings is 2. The maximum atomic E-state index is 13.9. The lowest BCUT2D eigenvalue weighted by Gasteiger charge is -2.33. The Labute approximate surface area is 256 Å². The molecule has 2 heterocycles. The van der Waals surface area contributed by atoms with Gasteiger partial charge in [0.2, 0.25) is 0 Å². The third-order valence-electron chi connectivity index (χ3n) is 8.85. The van der Waals surface area contributed by atoms with Crippen LogP contribution < -0.4 is 0 Å². The van der Waals surface area contributed by atoms with Gasteiger partial charge in [0, 0.05) is 24.0 Å². The Hall–Kier alpha value is -4.96. The Morgan fingerprint density at radius 2 is 1.68 bits per heavy atom. The van der Waals surface area contributed by atoms with E-state index in [0.29, 0.717) is 11.5 Å². The number of rotatable bonds is 3. The molecule has 0 saturated carbocycles. The van der Waals surface area contributed by atoms with E-state index in [9.17, 15) is 8.78 Å². The highest BCUT2D eigenvalue weighted by atomic mass is 19.2. The molecule has 0 radical (unpaired) electrons. The lowest BCUT2D eigenvalue weighted by atomic mass is 9.71. The Morgan fingerprint density at radius 3 is 2.52 bits per heavy atom. The van der Waals surface area contributed by atoms with Crippen LogP contribution in [-0.2, 0) is 12.8 Å². The van der Waals surface area contributed by atoms with Crippen LogP contribution in [0.5, 0.6) is 0 Å². The van der Waals surface area contributed by atoms with Crippen molar-refractivity contribution in [3.8, 4) is 11.1 Å². The van der Waals surface area contributed by atoms with Crippen LogP contribution in [0.25, 0.3) is 38.4 Å². The fourth-order valence-electron chi connectivity index (χ4n) is 6.82. The van der Waals surface area contributed by atoms with Gasteiger partial charge < -0.3 is 0 Å². The fourth-order valence-corrected chi connectivity index (χ4v) is 6.82. The van der Waals surface area contributed by atoms with Crippen LogP contribution in [0.3, 0.4) is 0 Å². The van der Waals surface area contributed by atoms with Crippen LogP contribution in [0, 0.1) is 24.5 Å². The molecule has 0 bridgehead atoms. The van der Waals surface area contributed by atoms with Crippen molar-refractivity contribution < 1.29 is 8.78 Å². The summed E-state index contributed by atoms with van der Waals surface area (Å²) in [5.74, 6) is -1.14. The SMILES string of the molecule is Cc1cc(-c2ccc(F)c(F)c2)cc2ccc3c(c12)CC(Cc1ccccc1)C1=C3C=CCC1.c1cnc2ccncc2c1. The van der Waals surface area contributed by atoms with E-state index < -0.39 is 11.6 Å². The third-order valence-corrected chi connectivity index (χ3v) is 8.85. The van der Waals surface area contributed by atoms with Crippen LogP contribution in [0.4, 0.5) is 8.78 Å². The molecule has 0 spiro atoms. The van der Waals surface area contributed by atoms with Gasteiger partial charge in [-0.05, 0) is 125 Å². The van der Waals surface area contributed by atoms with E-state index in [2.05, 4.69) is 83.6 Å². The van der Waals surface area contributed by atoms with E-state index >= 15 is 0 Å². The van der Waals surface area contributed by atoms with Gasteiger partial charge >= 0.3 is 0 Å². The first kappa shape index (κ1) is 27.8. The second-order valence-electron chi connectivity index (χ2n) is 11.7. The topological polar surface area (TPSA) is 25.8 Å². The van der Waals surface area contributed by atoms with Gasteiger partial charge in [-0.25, -0.2) is 8.78 Å². The molecule has 0 saturated heterocycles. The van der Waals surface area contributed by atoms with E-state index in [0.717, 1.165) is 47.5 Å². The first-order valence-electron chi connectivity index (χ1n) is 15.2. The smallest absolute Gasteiger partial charge is 0.159 e. The van der Waals surface area contributed by atoms with Gasteiger partial charge in [-0.2, -0.15) is 0 Å².